The fourth-order valence-corrected chi connectivity index (χ4v) is 3.05. The first-order chi connectivity index (χ1) is 14.7. The number of benzene rings is 2. The van der Waals surface area contributed by atoms with Crippen molar-refractivity contribution in [2.75, 3.05) is 32.0 Å². The van der Waals surface area contributed by atoms with Crippen molar-refractivity contribution in [2.24, 2.45) is 5.41 Å². The van der Waals surface area contributed by atoms with Crippen LogP contribution in [0.5, 0.6) is 5.75 Å². The Kier molecular flexibility index (Phi) is 15.0. The fourth-order valence-electron chi connectivity index (χ4n) is 2.76. The van der Waals surface area contributed by atoms with Crippen LogP contribution >= 0.6 is 9.39 Å². The van der Waals surface area contributed by atoms with Crippen LogP contribution < -0.4 is 9.41 Å². The maximum Gasteiger partial charge on any atom is 0.119 e. The molecule has 2 rings (SSSR count). The Morgan fingerprint density at radius 2 is 1.45 bits per heavy atom. The Labute approximate surface area is 194 Å². The largest absolute Gasteiger partial charge is 0.493 e. The van der Waals surface area contributed by atoms with Crippen molar-refractivity contribution in [3.8, 4) is 5.75 Å². The Morgan fingerprint density at radius 1 is 0.935 bits per heavy atom. The summed E-state index contributed by atoms with van der Waals surface area (Å²) in [6.45, 7) is 16.0. The van der Waals surface area contributed by atoms with Gasteiger partial charge in [-0.25, -0.2) is 0 Å². The molecule has 2 aromatic rings. The summed E-state index contributed by atoms with van der Waals surface area (Å²) in [5.41, 5.74) is 4.82. The van der Waals surface area contributed by atoms with Gasteiger partial charge in [-0.05, 0) is 57.3 Å². The Morgan fingerprint density at radius 3 is 1.94 bits per heavy atom. The second-order valence-corrected chi connectivity index (χ2v) is 8.93. The molecular formula is C27H44NO2P. The molecular weight excluding hydrogens is 401 g/mol. The van der Waals surface area contributed by atoms with E-state index < -0.39 is 0 Å². The van der Waals surface area contributed by atoms with Gasteiger partial charge < -0.3 is 14.1 Å². The Balaban J connectivity index is 0.00000165. The summed E-state index contributed by atoms with van der Waals surface area (Å²) in [7, 11) is 6.44. The maximum atomic E-state index is 5.88. The molecule has 0 heterocycles. The van der Waals surface area contributed by atoms with Crippen molar-refractivity contribution < 1.29 is 9.47 Å². The molecule has 0 aliphatic carbocycles. The molecule has 4 heteroatoms. The van der Waals surface area contributed by atoms with E-state index in [1.807, 2.05) is 33.0 Å². The number of nitrogens with zero attached hydrogens (tertiary/aromatic N) is 1. The van der Waals surface area contributed by atoms with Crippen LogP contribution in [0.15, 0.2) is 42.5 Å². The molecule has 0 fully saturated rings. The molecule has 0 saturated heterocycles. The summed E-state index contributed by atoms with van der Waals surface area (Å²) in [5, 5.41) is 0. The van der Waals surface area contributed by atoms with Crippen LogP contribution in [0.3, 0.4) is 0 Å². The van der Waals surface area contributed by atoms with Gasteiger partial charge in [0.05, 0.1) is 13.2 Å². The summed E-state index contributed by atoms with van der Waals surface area (Å²) < 4.78 is 13.2. The lowest BCUT2D eigenvalue weighted by atomic mass is 9.96. The number of aryl methyl sites for hydroxylation is 1. The number of hydrogen-bond acceptors (Lipinski definition) is 3. The molecule has 0 bridgehead atoms. The van der Waals surface area contributed by atoms with Crippen molar-refractivity contribution in [1.82, 2.24) is 0 Å². The highest BCUT2D eigenvalue weighted by atomic mass is 31.0. The zero-order valence-corrected chi connectivity index (χ0v) is 22.3. The van der Waals surface area contributed by atoms with E-state index in [0.717, 1.165) is 11.3 Å². The van der Waals surface area contributed by atoms with Crippen LogP contribution in [0.4, 0.5) is 5.69 Å². The number of hydrogen-bond donors (Lipinski definition) is 0. The third-order valence-electron chi connectivity index (χ3n) is 4.11. The van der Waals surface area contributed by atoms with E-state index >= 15 is 0 Å². The minimum absolute atomic E-state index is 0.00239. The molecule has 0 aliphatic heterocycles. The summed E-state index contributed by atoms with van der Waals surface area (Å²) in [4.78, 5) is 0. The molecule has 0 aliphatic rings. The second-order valence-electron chi connectivity index (χ2n) is 8.15. The molecule has 0 N–H and O–H groups in total. The number of ether oxygens (including phenoxy) is 2. The minimum atomic E-state index is 0.00239. The van der Waals surface area contributed by atoms with E-state index in [9.17, 15) is 0 Å². The van der Waals surface area contributed by atoms with Crippen LogP contribution in [0.1, 0.15) is 64.7 Å². The summed E-state index contributed by atoms with van der Waals surface area (Å²) in [6.07, 6.45) is 5.51. The normalized spacial score (nSPS) is 10.6. The summed E-state index contributed by atoms with van der Waals surface area (Å²) >= 11 is 0. The third kappa shape index (κ3) is 12.0. The van der Waals surface area contributed by atoms with E-state index in [1.54, 1.807) is 7.11 Å². The van der Waals surface area contributed by atoms with Crippen LogP contribution in [0, 0.1) is 12.3 Å². The van der Waals surface area contributed by atoms with Crippen LogP contribution in [0.2, 0.25) is 0 Å². The molecule has 31 heavy (non-hydrogen) atoms. The summed E-state index contributed by atoms with van der Waals surface area (Å²) in [6, 6.07) is 14.7. The molecule has 0 amide bonds. The Bertz CT molecular complexity index is 752. The van der Waals surface area contributed by atoms with Crippen molar-refractivity contribution in [3.05, 3.63) is 59.2 Å². The maximum absolute atomic E-state index is 5.88. The highest BCUT2D eigenvalue weighted by Crippen LogP contribution is 2.24. The molecule has 174 valence electrons. The van der Waals surface area contributed by atoms with Crippen LogP contribution in [0.25, 0.3) is 12.2 Å². The van der Waals surface area contributed by atoms with E-state index in [4.69, 9.17) is 9.47 Å². The smallest absolute Gasteiger partial charge is 0.119 e. The second kappa shape index (κ2) is 15.9. The Hall–Kier alpha value is -1.83. The fraction of sp³-hybridized carbons (Fsp3) is 0.481. The lowest BCUT2D eigenvalue weighted by molar-refractivity contribution is 0.0644. The number of rotatable bonds is 8. The quantitative estimate of drug-likeness (QED) is 0.305. The van der Waals surface area contributed by atoms with Crippen molar-refractivity contribution >= 4 is 27.2 Å². The van der Waals surface area contributed by atoms with Crippen LogP contribution in [-0.4, -0.2) is 27.4 Å². The van der Waals surface area contributed by atoms with Gasteiger partial charge in [-0.2, -0.15) is 0 Å². The molecule has 3 nitrogen and oxygen atoms in total. The minimum Gasteiger partial charge on any atom is -0.493 e. The standard InChI is InChI=1S/C22H30NO2P.C3H8.C2H6/c1-17-14-19(10-13-21(17)23(4)26)7-6-18-8-11-20(12-9-18)25-16-22(2,3)15-24-5;1-3-2;1-2/h6-14H,15-16,26H2,1-5H3;3H2,1-2H3;1-2H3/b7-6+;;. The van der Waals surface area contributed by atoms with E-state index in [2.05, 4.69) is 91.2 Å². The molecule has 0 aromatic heterocycles. The predicted molar refractivity (Wildman–Crippen MR) is 143 cm³/mol. The average molecular weight is 446 g/mol. The first kappa shape index (κ1) is 29.2. The lowest BCUT2D eigenvalue weighted by Crippen LogP contribution is -2.26. The van der Waals surface area contributed by atoms with Crippen LogP contribution in [-0.2, 0) is 4.74 Å². The van der Waals surface area contributed by atoms with Gasteiger partial charge in [0, 0.05) is 25.3 Å². The highest BCUT2D eigenvalue weighted by molar-refractivity contribution is 7.19. The average Bonchev–Trinajstić information content (AvgIpc) is 2.73. The first-order valence-electron chi connectivity index (χ1n) is 11.2. The van der Waals surface area contributed by atoms with Crippen molar-refractivity contribution in [2.45, 2.75) is 54.9 Å². The predicted octanol–water partition coefficient (Wildman–Crippen LogP) is 7.89. The highest BCUT2D eigenvalue weighted by Gasteiger charge is 2.18. The topological polar surface area (TPSA) is 21.7 Å². The van der Waals surface area contributed by atoms with Crippen molar-refractivity contribution in [3.63, 3.8) is 0 Å². The molecule has 2 aromatic carbocycles. The van der Waals surface area contributed by atoms with Gasteiger partial charge in [-0.1, -0.05) is 78.3 Å². The van der Waals surface area contributed by atoms with Gasteiger partial charge in [-0.15, -0.1) is 0 Å². The zero-order valence-electron chi connectivity index (χ0n) is 21.2. The summed E-state index contributed by atoms with van der Waals surface area (Å²) in [5.74, 6) is 0.884. The van der Waals surface area contributed by atoms with Gasteiger partial charge in [0.1, 0.15) is 5.75 Å². The first-order valence-corrected chi connectivity index (χ1v) is 11.7. The number of anilines is 1. The van der Waals surface area contributed by atoms with E-state index in [1.165, 1.54) is 23.2 Å². The molecule has 1 atom stereocenters. The van der Waals surface area contributed by atoms with Gasteiger partial charge >= 0.3 is 0 Å². The molecule has 1 unspecified atom stereocenters. The van der Waals surface area contributed by atoms with E-state index in [0.29, 0.717) is 13.2 Å². The molecule has 0 radical (unpaired) electrons. The van der Waals surface area contributed by atoms with Gasteiger partial charge in [0.2, 0.25) is 0 Å². The monoisotopic (exact) mass is 445 g/mol. The molecule has 0 saturated carbocycles. The van der Waals surface area contributed by atoms with E-state index in [-0.39, 0.29) is 5.41 Å². The SMILES string of the molecule is CC.CCC.COCC(C)(C)COc1ccc(/C=C/c2ccc(N(C)P)c(C)c2)cc1. The zero-order chi connectivity index (χ0) is 23.9. The van der Waals surface area contributed by atoms with Crippen molar-refractivity contribution in [1.29, 1.82) is 0 Å². The van der Waals surface area contributed by atoms with Gasteiger partial charge in [-0.3, -0.25) is 0 Å². The lowest BCUT2D eigenvalue weighted by Gasteiger charge is -2.23. The number of methoxy groups -OCH3 is 1. The van der Waals surface area contributed by atoms with Gasteiger partial charge in [0.15, 0.2) is 0 Å². The molecule has 0 spiro atoms. The van der Waals surface area contributed by atoms with Gasteiger partial charge in [0.25, 0.3) is 0 Å². The third-order valence-corrected chi connectivity index (χ3v) is 4.39.